The molecule has 2 aromatic heterocycles. The maximum atomic E-state index is 11.4. The molecule has 0 aliphatic heterocycles. The smallest absolute Gasteiger partial charge is 0.305 e. The van der Waals surface area contributed by atoms with Gasteiger partial charge >= 0.3 is 5.97 Å². The molecule has 0 saturated heterocycles. The Bertz CT molecular complexity index is 650. The number of carbonyl (C=O) groups is 1. The number of nitrogens with zero attached hydrogens (tertiary/aromatic N) is 3. The summed E-state index contributed by atoms with van der Waals surface area (Å²) in [6.07, 6.45) is 4.11. The van der Waals surface area contributed by atoms with Crippen molar-refractivity contribution in [1.82, 2.24) is 9.97 Å². The maximum absolute atomic E-state index is 11.4. The summed E-state index contributed by atoms with van der Waals surface area (Å²) < 4.78 is 4.69. The van der Waals surface area contributed by atoms with Gasteiger partial charge in [-0.05, 0) is 30.7 Å². The molecule has 1 atom stereocenters. The number of hydrogen-bond acceptors (Lipinski definition) is 5. The fourth-order valence-electron chi connectivity index (χ4n) is 2.10. The zero-order chi connectivity index (χ0) is 15.1. The predicted molar refractivity (Wildman–Crippen MR) is 76.3 cm³/mol. The number of nitriles is 1. The average molecular weight is 281 g/mol. The molecule has 0 radical (unpaired) electrons. The van der Waals surface area contributed by atoms with Crippen LogP contribution in [0, 0.1) is 11.3 Å². The molecule has 0 spiro atoms. The van der Waals surface area contributed by atoms with Crippen molar-refractivity contribution in [1.29, 1.82) is 5.26 Å². The lowest BCUT2D eigenvalue weighted by Gasteiger charge is -2.15. The van der Waals surface area contributed by atoms with Crippen LogP contribution in [0.4, 0.5) is 0 Å². The molecule has 5 nitrogen and oxygen atoms in total. The molecule has 2 heterocycles. The van der Waals surface area contributed by atoms with Crippen LogP contribution in [0.5, 0.6) is 0 Å². The molecular weight excluding hydrogens is 266 g/mol. The zero-order valence-corrected chi connectivity index (χ0v) is 11.7. The number of rotatable bonds is 5. The van der Waals surface area contributed by atoms with E-state index in [-0.39, 0.29) is 18.3 Å². The summed E-state index contributed by atoms with van der Waals surface area (Å²) in [4.78, 5) is 20.1. The van der Waals surface area contributed by atoms with Gasteiger partial charge in [-0.1, -0.05) is 6.07 Å². The van der Waals surface area contributed by atoms with E-state index >= 15 is 0 Å². The van der Waals surface area contributed by atoms with Crippen LogP contribution in [0.2, 0.25) is 0 Å². The molecule has 0 aliphatic rings. The molecule has 0 fully saturated rings. The van der Waals surface area contributed by atoms with Crippen LogP contribution in [0.15, 0.2) is 42.7 Å². The van der Waals surface area contributed by atoms with Crippen LogP contribution in [0.3, 0.4) is 0 Å². The van der Waals surface area contributed by atoms with Crippen molar-refractivity contribution >= 4 is 5.97 Å². The molecule has 0 saturated carbocycles. The first kappa shape index (κ1) is 14.7. The minimum Gasteiger partial charge on any atom is -0.469 e. The van der Waals surface area contributed by atoms with Gasteiger partial charge in [0, 0.05) is 30.4 Å². The summed E-state index contributed by atoms with van der Waals surface area (Å²) in [7, 11) is 1.37. The number of ether oxygens (including phenoxy) is 1. The van der Waals surface area contributed by atoms with Gasteiger partial charge in [0.05, 0.1) is 24.4 Å². The Morgan fingerprint density at radius 1 is 1.29 bits per heavy atom. The predicted octanol–water partition coefficient (Wildman–Crippen LogP) is 2.43. The highest BCUT2D eigenvalue weighted by Crippen LogP contribution is 2.26. The van der Waals surface area contributed by atoms with E-state index in [1.807, 2.05) is 18.2 Å². The van der Waals surface area contributed by atoms with Gasteiger partial charge in [0.2, 0.25) is 0 Å². The van der Waals surface area contributed by atoms with Gasteiger partial charge in [0.25, 0.3) is 0 Å². The highest BCUT2D eigenvalue weighted by atomic mass is 16.5. The second-order valence-electron chi connectivity index (χ2n) is 4.50. The number of aromatic nitrogens is 2. The van der Waals surface area contributed by atoms with Crippen LogP contribution in [0.1, 0.15) is 35.7 Å². The Kier molecular flexibility index (Phi) is 4.99. The minimum absolute atomic E-state index is 0.140. The van der Waals surface area contributed by atoms with E-state index < -0.39 is 0 Å². The summed E-state index contributed by atoms with van der Waals surface area (Å²) in [6, 6.07) is 11.1. The highest BCUT2D eigenvalue weighted by Gasteiger charge is 2.19. The molecule has 0 aliphatic carbocycles. The molecule has 106 valence electrons. The molecule has 0 bridgehead atoms. The minimum atomic E-state index is -0.271. The summed E-state index contributed by atoms with van der Waals surface area (Å²) in [5, 5.41) is 9.00. The van der Waals surface area contributed by atoms with E-state index in [4.69, 9.17) is 5.26 Å². The number of carbonyl (C=O) groups excluding carboxylic acids is 1. The van der Waals surface area contributed by atoms with Gasteiger partial charge in [-0.2, -0.15) is 5.26 Å². The molecule has 0 N–H and O–H groups in total. The largest absolute Gasteiger partial charge is 0.469 e. The molecule has 2 rings (SSSR count). The monoisotopic (exact) mass is 281 g/mol. The average Bonchev–Trinajstić information content (AvgIpc) is 2.56. The summed E-state index contributed by atoms with van der Waals surface area (Å²) in [6.45, 7) is 0. The lowest BCUT2D eigenvalue weighted by atomic mass is 9.94. The molecule has 0 aromatic carbocycles. The van der Waals surface area contributed by atoms with Gasteiger partial charge in [0.15, 0.2) is 0 Å². The van der Waals surface area contributed by atoms with E-state index in [2.05, 4.69) is 20.8 Å². The third kappa shape index (κ3) is 3.86. The molecule has 5 heteroatoms. The second kappa shape index (κ2) is 7.15. The van der Waals surface area contributed by atoms with Crippen molar-refractivity contribution in [2.24, 2.45) is 0 Å². The van der Waals surface area contributed by atoms with E-state index in [1.54, 1.807) is 24.5 Å². The number of methoxy groups -OCH3 is 1. The van der Waals surface area contributed by atoms with Gasteiger partial charge in [-0.15, -0.1) is 0 Å². The lowest BCUT2D eigenvalue weighted by molar-refractivity contribution is -0.140. The van der Waals surface area contributed by atoms with Crippen molar-refractivity contribution in [3.63, 3.8) is 0 Å². The van der Waals surface area contributed by atoms with Crippen molar-refractivity contribution in [2.45, 2.75) is 18.8 Å². The fourth-order valence-corrected chi connectivity index (χ4v) is 2.10. The first-order chi connectivity index (χ1) is 10.2. The fraction of sp³-hybridized carbons (Fsp3) is 0.250. The van der Waals surface area contributed by atoms with Crippen molar-refractivity contribution in [2.75, 3.05) is 7.11 Å². The summed E-state index contributed by atoms with van der Waals surface area (Å²) in [5.41, 5.74) is 2.10. The normalized spacial score (nSPS) is 11.4. The van der Waals surface area contributed by atoms with Crippen LogP contribution in [0.25, 0.3) is 0 Å². The van der Waals surface area contributed by atoms with Gasteiger partial charge < -0.3 is 4.74 Å². The third-order valence-corrected chi connectivity index (χ3v) is 3.18. The van der Waals surface area contributed by atoms with Gasteiger partial charge in [0.1, 0.15) is 0 Å². The van der Waals surface area contributed by atoms with E-state index in [0.717, 1.165) is 11.4 Å². The maximum Gasteiger partial charge on any atom is 0.305 e. The molecule has 2 aromatic rings. The zero-order valence-electron chi connectivity index (χ0n) is 11.7. The van der Waals surface area contributed by atoms with Crippen LogP contribution >= 0.6 is 0 Å². The second-order valence-corrected chi connectivity index (χ2v) is 4.50. The van der Waals surface area contributed by atoms with Crippen molar-refractivity contribution in [3.05, 3.63) is 59.7 Å². The van der Waals surface area contributed by atoms with Crippen molar-refractivity contribution < 1.29 is 9.53 Å². The Morgan fingerprint density at radius 2 is 2.10 bits per heavy atom. The summed E-state index contributed by atoms with van der Waals surface area (Å²) >= 11 is 0. The molecular formula is C16H15N3O2. The third-order valence-electron chi connectivity index (χ3n) is 3.18. The molecule has 1 unspecified atom stereocenters. The topological polar surface area (TPSA) is 75.9 Å². The lowest BCUT2D eigenvalue weighted by Crippen LogP contribution is -2.09. The van der Waals surface area contributed by atoms with Crippen LogP contribution < -0.4 is 0 Å². The number of esters is 1. The van der Waals surface area contributed by atoms with E-state index in [1.165, 1.54) is 7.11 Å². The Morgan fingerprint density at radius 3 is 2.76 bits per heavy atom. The number of hydrogen-bond donors (Lipinski definition) is 0. The van der Waals surface area contributed by atoms with E-state index in [9.17, 15) is 4.79 Å². The SMILES string of the molecule is COC(=O)CCC(c1ccccn1)c1cc(C#N)ccn1. The standard InChI is InChI=1S/C16H15N3O2/c1-21-16(20)6-5-13(14-4-2-3-8-18-14)15-10-12(11-17)7-9-19-15/h2-4,7-10,13H,5-6H2,1H3. The number of pyridine rings is 2. The van der Waals surface area contributed by atoms with Crippen LogP contribution in [-0.2, 0) is 9.53 Å². The first-order valence-electron chi connectivity index (χ1n) is 6.58. The first-order valence-corrected chi connectivity index (χ1v) is 6.58. The Hall–Kier alpha value is -2.74. The summed E-state index contributed by atoms with van der Waals surface area (Å²) in [5.74, 6) is -0.411. The van der Waals surface area contributed by atoms with Gasteiger partial charge in [-0.3, -0.25) is 14.8 Å². The molecule has 0 amide bonds. The Balaban J connectivity index is 2.31. The highest BCUT2D eigenvalue weighted by molar-refractivity contribution is 5.69. The van der Waals surface area contributed by atoms with Crippen LogP contribution in [-0.4, -0.2) is 23.0 Å². The molecule has 21 heavy (non-hydrogen) atoms. The Labute approximate surface area is 123 Å². The van der Waals surface area contributed by atoms with Gasteiger partial charge in [-0.25, -0.2) is 0 Å². The van der Waals surface area contributed by atoms with E-state index in [0.29, 0.717) is 12.0 Å². The quantitative estimate of drug-likeness (QED) is 0.787. The van der Waals surface area contributed by atoms with Crippen molar-refractivity contribution in [3.8, 4) is 6.07 Å².